The summed E-state index contributed by atoms with van der Waals surface area (Å²) in [5.74, 6) is -2.69. The van der Waals surface area contributed by atoms with Crippen LogP contribution in [0, 0.1) is 23.6 Å². The number of alkyl halides is 3. The lowest BCUT2D eigenvalue weighted by Crippen LogP contribution is -2.47. The molecule has 2 N–H and O–H groups in total. The molecule has 2 aliphatic rings. The molecular weight excluding hydrogens is 544 g/mol. The normalized spacial score (nSPS) is 23.7. The van der Waals surface area contributed by atoms with Crippen LogP contribution in [0.25, 0.3) is 0 Å². The van der Waals surface area contributed by atoms with Crippen LogP contribution in [0.3, 0.4) is 0 Å². The number of nitrogens with one attached hydrogen (secondary N) is 2. The first-order valence-electron chi connectivity index (χ1n) is 10.0. The van der Waals surface area contributed by atoms with E-state index in [4.69, 9.17) is 0 Å². The van der Waals surface area contributed by atoms with Gasteiger partial charge in [-0.15, -0.1) is 0 Å². The van der Waals surface area contributed by atoms with Crippen LogP contribution < -0.4 is 10.6 Å². The number of halogens is 5. The van der Waals surface area contributed by atoms with Gasteiger partial charge in [0, 0.05) is 17.3 Å². The first-order chi connectivity index (χ1) is 15.9. The van der Waals surface area contributed by atoms with Gasteiger partial charge in [0.2, 0.25) is 5.91 Å². The highest BCUT2D eigenvalue weighted by Crippen LogP contribution is 2.44. The van der Waals surface area contributed by atoms with Gasteiger partial charge >= 0.3 is 5.51 Å². The number of carbonyl (C=O) groups excluding carboxylic acids is 2. The largest absolute Gasteiger partial charge is 0.501 e. The Kier molecular flexibility index (Phi) is 6.32. The van der Waals surface area contributed by atoms with E-state index in [1.807, 2.05) is 12.2 Å². The molecule has 4 atom stereocenters. The minimum absolute atomic E-state index is 0.107. The monoisotopic (exact) mass is 560 g/mol. The van der Waals surface area contributed by atoms with Gasteiger partial charge in [-0.3, -0.25) is 9.59 Å². The van der Waals surface area contributed by atoms with E-state index in [1.54, 1.807) is 0 Å². The van der Waals surface area contributed by atoms with Crippen LogP contribution in [0.2, 0.25) is 0 Å². The number of sulfone groups is 1. The molecule has 34 heavy (non-hydrogen) atoms. The van der Waals surface area contributed by atoms with Crippen molar-refractivity contribution >= 4 is 43.3 Å². The number of amides is 2. The van der Waals surface area contributed by atoms with Crippen molar-refractivity contribution in [1.82, 2.24) is 5.32 Å². The smallest absolute Gasteiger partial charge is 0.348 e. The Hall–Kier alpha value is -2.73. The predicted molar refractivity (Wildman–Crippen MR) is 118 cm³/mol. The second-order valence-corrected chi connectivity index (χ2v) is 10.9. The topological polar surface area (TPSA) is 92.3 Å². The molecule has 180 valence electrons. The van der Waals surface area contributed by atoms with E-state index < -0.39 is 49.8 Å². The fourth-order valence-corrected chi connectivity index (χ4v) is 5.53. The first kappa shape index (κ1) is 24.4. The van der Waals surface area contributed by atoms with Crippen molar-refractivity contribution in [2.45, 2.75) is 22.9 Å². The van der Waals surface area contributed by atoms with E-state index in [0.717, 1.165) is 24.3 Å². The van der Waals surface area contributed by atoms with Crippen molar-refractivity contribution in [2.24, 2.45) is 17.8 Å². The number of hydrogen-bond donors (Lipinski definition) is 2. The number of benzene rings is 2. The second-order valence-electron chi connectivity index (χ2n) is 8.07. The SMILES string of the molecule is O=C(NC1C2C=CC(C2)C1C(=O)Nc1cccc(S(=O)(=O)C(F)(F)F)c1)c1ccc(F)c(Br)c1. The van der Waals surface area contributed by atoms with Gasteiger partial charge in [-0.1, -0.05) is 18.2 Å². The summed E-state index contributed by atoms with van der Waals surface area (Å²) in [6.07, 6.45) is 4.33. The van der Waals surface area contributed by atoms with E-state index in [2.05, 4.69) is 26.6 Å². The molecule has 0 aromatic heterocycles. The number of anilines is 1. The molecule has 0 spiro atoms. The van der Waals surface area contributed by atoms with Crippen molar-refractivity contribution in [3.63, 3.8) is 0 Å². The third-order valence-electron chi connectivity index (χ3n) is 5.96. The molecule has 2 aromatic carbocycles. The number of carbonyl (C=O) groups is 2. The maximum atomic E-state index is 13.5. The quantitative estimate of drug-likeness (QED) is 0.417. The van der Waals surface area contributed by atoms with Crippen molar-refractivity contribution in [1.29, 1.82) is 0 Å². The molecule has 1 fully saturated rings. The lowest BCUT2D eigenvalue weighted by atomic mass is 9.87. The Morgan fingerprint density at radius 1 is 1.03 bits per heavy atom. The summed E-state index contributed by atoms with van der Waals surface area (Å²) in [6.45, 7) is 0. The van der Waals surface area contributed by atoms with Crippen LogP contribution in [0.15, 0.2) is 64.0 Å². The molecule has 2 aromatic rings. The number of allylic oxidation sites excluding steroid dienone is 1. The molecule has 2 aliphatic carbocycles. The van der Waals surface area contributed by atoms with Crippen LogP contribution in [-0.4, -0.2) is 31.8 Å². The number of rotatable bonds is 5. The Morgan fingerprint density at radius 2 is 1.74 bits per heavy atom. The molecule has 0 radical (unpaired) electrons. The third-order valence-corrected chi connectivity index (χ3v) is 8.05. The van der Waals surface area contributed by atoms with Crippen molar-refractivity contribution < 1.29 is 35.6 Å². The number of fused-ring (bicyclic) bond motifs is 2. The first-order valence-corrected chi connectivity index (χ1v) is 12.3. The highest BCUT2D eigenvalue weighted by Gasteiger charge is 2.49. The van der Waals surface area contributed by atoms with Crippen molar-refractivity contribution in [3.8, 4) is 0 Å². The highest BCUT2D eigenvalue weighted by molar-refractivity contribution is 9.10. The summed E-state index contributed by atoms with van der Waals surface area (Å²) < 4.78 is 75.6. The lowest BCUT2D eigenvalue weighted by Gasteiger charge is -2.28. The van der Waals surface area contributed by atoms with Crippen LogP contribution in [0.4, 0.5) is 23.2 Å². The van der Waals surface area contributed by atoms with E-state index in [-0.39, 0.29) is 27.6 Å². The summed E-state index contributed by atoms with van der Waals surface area (Å²) >= 11 is 3.02. The average Bonchev–Trinajstić information content (AvgIpc) is 3.36. The van der Waals surface area contributed by atoms with Gasteiger partial charge in [0.25, 0.3) is 15.7 Å². The zero-order valence-corrected chi connectivity index (χ0v) is 19.5. The predicted octanol–water partition coefficient (Wildman–Crippen LogP) is 4.44. The lowest BCUT2D eigenvalue weighted by molar-refractivity contribution is -0.121. The molecule has 12 heteroatoms. The van der Waals surface area contributed by atoms with Gasteiger partial charge in [-0.25, -0.2) is 12.8 Å². The fraction of sp³-hybridized carbons (Fsp3) is 0.273. The molecule has 4 rings (SSSR count). The molecule has 4 unspecified atom stereocenters. The van der Waals surface area contributed by atoms with Gasteiger partial charge in [0.05, 0.1) is 15.3 Å². The van der Waals surface area contributed by atoms with E-state index >= 15 is 0 Å². The van der Waals surface area contributed by atoms with Crippen LogP contribution in [0.1, 0.15) is 16.8 Å². The van der Waals surface area contributed by atoms with Crippen LogP contribution in [0.5, 0.6) is 0 Å². The molecular formula is C22H17BrF4N2O4S. The minimum Gasteiger partial charge on any atom is -0.348 e. The summed E-state index contributed by atoms with van der Waals surface area (Å²) in [5, 5.41) is 5.29. The van der Waals surface area contributed by atoms with Gasteiger partial charge in [-0.05, 0) is 70.6 Å². The third kappa shape index (κ3) is 4.48. The number of hydrogen-bond acceptors (Lipinski definition) is 4. The zero-order valence-electron chi connectivity index (χ0n) is 17.1. The summed E-state index contributed by atoms with van der Waals surface area (Å²) in [7, 11) is -5.58. The van der Waals surface area contributed by atoms with Gasteiger partial charge in [0.1, 0.15) is 5.82 Å². The molecule has 0 heterocycles. The van der Waals surface area contributed by atoms with Gasteiger partial charge in [-0.2, -0.15) is 13.2 Å². The second kappa shape index (κ2) is 8.81. The standard InChI is InChI=1S/C22H17BrF4N2O4S/c23-16-9-13(6-7-17(16)24)20(30)29-19-12-5-4-11(8-12)18(19)21(31)28-14-2-1-3-15(10-14)34(32,33)22(25,26)27/h1-7,9-12,18-19H,8H2,(H,28,31)(H,29,30). The van der Waals surface area contributed by atoms with E-state index in [1.165, 1.54) is 18.2 Å². The van der Waals surface area contributed by atoms with E-state index in [9.17, 15) is 35.6 Å². The Labute approximate surface area is 200 Å². The van der Waals surface area contributed by atoms with Gasteiger partial charge < -0.3 is 10.6 Å². The highest BCUT2D eigenvalue weighted by atomic mass is 79.9. The molecule has 2 bridgehead atoms. The minimum atomic E-state index is -5.58. The summed E-state index contributed by atoms with van der Waals surface area (Å²) in [5.41, 5.74) is -5.41. The molecule has 0 saturated heterocycles. The Morgan fingerprint density at radius 3 is 2.41 bits per heavy atom. The Balaban J connectivity index is 1.53. The van der Waals surface area contributed by atoms with Crippen LogP contribution in [-0.2, 0) is 14.6 Å². The van der Waals surface area contributed by atoms with E-state index in [0.29, 0.717) is 6.42 Å². The average molecular weight is 561 g/mol. The van der Waals surface area contributed by atoms with Crippen molar-refractivity contribution in [2.75, 3.05) is 5.32 Å². The molecule has 0 aliphatic heterocycles. The fourth-order valence-electron chi connectivity index (χ4n) is 4.35. The van der Waals surface area contributed by atoms with Crippen LogP contribution >= 0.6 is 15.9 Å². The molecule has 1 saturated carbocycles. The summed E-state index contributed by atoms with van der Waals surface area (Å²) in [6, 6.07) is 7.06. The maximum Gasteiger partial charge on any atom is 0.501 e. The summed E-state index contributed by atoms with van der Waals surface area (Å²) in [4.78, 5) is 24.8. The zero-order chi connectivity index (χ0) is 24.8. The molecule has 6 nitrogen and oxygen atoms in total. The van der Waals surface area contributed by atoms with Crippen molar-refractivity contribution in [3.05, 3.63) is 70.5 Å². The molecule has 2 amide bonds. The maximum absolute atomic E-state index is 13.5. The Bertz CT molecular complexity index is 1300. The van der Waals surface area contributed by atoms with Gasteiger partial charge in [0.15, 0.2) is 0 Å².